The number of rotatable bonds is 5. The van der Waals surface area contributed by atoms with Gasteiger partial charge in [-0.25, -0.2) is 0 Å². The van der Waals surface area contributed by atoms with E-state index >= 15 is 0 Å². The van der Waals surface area contributed by atoms with E-state index in [1.807, 2.05) is 0 Å². The zero-order valence-electron chi connectivity index (χ0n) is 13.9. The molecule has 0 saturated carbocycles. The van der Waals surface area contributed by atoms with Gasteiger partial charge < -0.3 is 19.9 Å². The van der Waals surface area contributed by atoms with Crippen LogP contribution < -0.4 is 19.9 Å². The summed E-state index contributed by atoms with van der Waals surface area (Å²) in [7, 11) is 0. The summed E-state index contributed by atoms with van der Waals surface area (Å²) in [5.74, 6) is 0.120. The SMILES string of the molecule is O=C(/C=C/c1cc(Cl)c2c(c1)OCCO2)NCc1cc([N+](=O)[O-])ccc1[O-]. The number of nitrogens with zero attached hydrogens (tertiary/aromatic N) is 1. The molecule has 0 spiro atoms. The Bertz CT molecular complexity index is 928. The fourth-order valence-electron chi connectivity index (χ4n) is 2.46. The van der Waals surface area contributed by atoms with Crippen LogP contribution in [0.25, 0.3) is 6.08 Å². The van der Waals surface area contributed by atoms with Crippen LogP contribution in [0.4, 0.5) is 5.69 Å². The average molecular weight is 390 g/mol. The summed E-state index contributed by atoms with van der Waals surface area (Å²) in [6, 6.07) is 6.70. The molecule has 0 unspecified atom stereocenters. The second-order valence-corrected chi connectivity index (χ2v) is 6.03. The molecule has 0 bridgehead atoms. The molecule has 0 atom stereocenters. The van der Waals surface area contributed by atoms with Crippen molar-refractivity contribution in [2.45, 2.75) is 6.54 Å². The summed E-state index contributed by atoms with van der Waals surface area (Å²) < 4.78 is 10.9. The Balaban J connectivity index is 1.65. The molecular formula is C18H14ClN2O6-. The van der Waals surface area contributed by atoms with E-state index in [1.54, 1.807) is 12.1 Å². The molecule has 27 heavy (non-hydrogen) atoms. The normalized spacial score (nSPS) is 12.8. The van der Waals surface area contributed by atoms with Gasteiger partial charge in [-0.2, -0.15) is 0 Å². The van der Waals surface area contributed by atoms with Crippen LogP contribution in [-0.4, -0.2) is 24.0 Å². The number of non-ortho nitro benzene ring substituents is 1. The lowest BCUT2D eigenvalue weighted by Crippen LogP contribution is -2.21. The highest BCUT2D eigenvalue weighted by Crippen LogP contribution is 2.38. The first-order valence-corrected chi connectivity index (χ1v) is 8.31. The topological polar surface area (TPSA) is 114 Å². The van der Waals surface area contributed by atoms with E-state index in [0.29, 0.717) is 35.3 Å². The molecule has 0 aliphatic carbocycles. The van der Waals surface area contributed by atoms with E-state index in [2.05, 4.69) is 5.32 Å². The first-order chi connectivity index (χ1) is 12.9. The molecule has 140 valence electrons. The Hall–Kier alpha value is -3.26. The molecule has 0 fully saturated rings. The molecule has 1 N–H and O–H groups in total. The van der Waals surface area contributed by atoms with E-state index in [9.17, 15) is 20.0 Å². The van der Waals surface area contributed by atoms with Crippen molar-refractivity contribution in [3.8, 4) is 17.2 Å². The number of carbonyl (C=O) groups excluding carboxylic acids is 1. The second-order valence-electron chi connectivity index (χ2n) is 5.63. The second kappa shape index (κ2) is 7.96. The van der Waals surface area contributed by atoms with Crippen LogP contribution in [0.3, 0.4) is 0 Å². The van der Waals surface area contributed by atoms with Crippen LogP contribution >= 0.6 is 11.6 Å². The van der Waals surface area contributed by atoms with Crippen LogP contribution in [0, 0.1) is 10.1 Å². The number of halogens is 1. The lowest BCUT2D eigenvalue weighted by molar-refractivity contribution is -0.385. The van der Waals surface area contributed by atoms with E-state index in [4.69, 9.17) is 21.1 Å². The fraction of sp³-hybridized carbons (Fsp3) is 0.167. The van der Waals surface area contributed by atoms with E-state index < -0.39 is 10.8 Å². The largest absolute Gasteiger partial charge is 0.872 e. The number of hydrogen-bond donors (Lipinski definition) is 1. The minimum atomic E-state index is -0.601. The van der Waals surface area contributed by atoms with Crippen molar-refractivity contribution < 1.29 is 24.3 Å². The van der Waals surface area contributed by atoms with Gasteiger partial charge in [0.05, 0.1) is 9.95 Å². The van der Waals surface area contributed by atoms with Gasteiger partial charge in [0.15, 0.2) is 11.5 Å². The maximum atomic E-state index is 12.0. The highest BCUT2D eigenvalue weighted by Gasteiger charge is 2.16. The molecule has 0 aromatic heterocycles. The van der Waals surface area contributed by atoms with Gasteiger partial charge in [-0.15, -0.1) is 5.75 Å². The average Bonchev–Trinajstić information content (AvgIpc) is 2.65. The molecule has 8 nitrogen and oxygen atoms in total. The zero-order chi connectivity index (χ0) is 19.4. The monoisotopic (exact) mass is 389 g/mol. The van der Waals surface area contributed by atoms with Crippen LogP contribution in [0.2, 0.25) is 5.02 Å². The van der Waals surface area contributed by atoms with Crippen molar-refractivity contribution in [1.82, 2.24) is 5.32 Å². The number of nitro groups is 1. The lowest BCUT2D eigenvalue weighted by atomic mass is 10.1. The van der Waals surface area contributed by atoms with Crippen molar-refractivity contribution >= 4 is 29.3 Å². The number of ether oxygens (including phenoxy) is 2. The van der Waals surface area contributed by atoms with E-state index in [-0.39, 0.29) is 23.5 Å². The Morgan fingerprint density at radius 1 is 1.26 bits per heavy atom. The molecule has 2 aromatic rings. The summed E-state index contributed by atoms with van der Waals surface area (Å²) >= 11 is 6.13. The number of carbonyl (C=O) groups is 1. The smallest absolute Gasteiger partial charge is 0.269 e. The van der Waals surface area contributed by atoms with Crippen LogP contribution in [0.5, 0.6) is 17.2 Å². The van der Waals surface area contributed by atoms with Crippen molar-refractivity contribution in [3.05, 3.63) is 62.7 Å². The van der Waals surface area contributed by atoms with E-state index in [1.165, 1.54) is 12.2 Å². The molecule has 3 rings (SSSR count). The summed E-state index contributed by atoms with van der Waals surface area (Å²) in [6.07, 6.45) is 2.80. The third-order valence-corrected chi connectivity index (χ3v) is 4.04. The van der Waals surface area contributed by atoms with Gasteiger partial charge in [0.1, 0.15) is 13.2 Å². The van der Waals surface area contributed by atoms with Gasteiger partial charge in [-0.3, -0.25) is 14.9 Å². The Labute approximate surface area is 159 Å². The molecule has 9 heteroatoms. The van der Waals surface area contributed by atoms with Crippen LogP contribution in [-0.2, 0) is 11.3 Å². The number of nitro benzene ring substituents is 1. The fourth-order valence-corrected chi connectivity index (χ4v) is 2.73. The van der Waals surface area contributed by atoms with Crippen molar-refractivity contribution in [1.29, 1.82) is 0 Å². The maximum Gasteiger partial charge on any atom is 0.269 e. The third-order valence-electron chi connectivity index (χ3n) is 3.75. The lowest BCUT2D eigenvalue weighted by Gasteiger charge is -2.19. The molecule has 2 aromatic carbocycles. The predicted molar refractivity (Wildman–Crippen MR) is 95.9 cm³/mol. The highest BCUT2D eigenvalue weighted by molar-refractivity contribution is 6.32. The van der Waals surface area contributed by atoms with Crippen molar-refractivity contribution in [2.75, 3.05) is 13.2 Å². The van der Waals surface area contributed by atoms with Gasteiger partial charge in [-0.05, 0) is 29.3 Å². The van der Waals surface area contributed by atoms with Gasteiger partial charge in [0, 0.05) is 24.8 Å². The van der Waals surface area contributed by atoms with Crippen molar-refractivity contribution in [2.24, 2.45) is 0 Å². The summed E-state index contributed by atoms with van der Waals surface area (Å²) in [5.41, 5.74) is 0.563. The molecule has 0 radical (unpaired) electrons. The minimum Gasteiger partial charge on any atom is -0.872 e. The van der Waals surface area contributed by atoms with Gasteiger partial charge in [0.2, 0.25) is 5.91 Å². The van der Waals surface area contributed by atoms with Crippen molar-refractivity contribution in [3.63, 3.8) is 0 Å². The zero-order valence-corrected chi connectivity index (χ0v) is 14.7. The predicted octanol–water partition coefficient (Wildman–Crippen LogP) is 2.42. The number of benzene rings is 2. The number of hydrogen-bond acceptors (Lipinski definition) is 6. The highest BCUT2D eigenvalue weighted by atomic mass is 35.5. The molecule has 1 aliphatic heterocycles. The van der Waals surface area contributed by atoms with E-state index in [0.717, 1.165) is 18.2 Å². The molecule has 1 heterocycles. The first-order valence-electron chi connectivity index (χ1n) is 7.93. The minimum absolute atomic E-state index is 0.119. The quantitative estimate of drug-likeness (QED) is 0.477. The number of nitrogens with one attached hydrogen (secondary N) is 1. The summed E-state index contributed by atoms with van der Waals surface area (Å²) in [6.45, 7) is 0.715. The summed E-state index contributed by atoms with van der Waals surface area (Å²) in [5, 5.41) is 25.4. The van der Waals surface area contributed by atoms with Crippen LogP contribution in [0.1, 0.15) is 11.1 Å². The Morgan fingerprint density at radius 2 is 2.04 bits per heavy atom. The maximum absolute atomic E-state index is 12.0. The third kappa shape index (κ3) is 4.48. The van der Waals surface area contributed by atoms with Gasteiger partial charge in [-0.1, -0.05) is 17.7 Å². The molecule has 1 aliphatic rings. The number of fused-ring (bicyclic) bond motifs is 1. The first kappa shape index (κ1) is 18.5. The van der Waals surface area contributed by atoms with Gasteiger partial charge in [0.25, 0.3) is 5.69 Å². The standard InChI is InChI=1S/C18H15ClN2O6/c19-14-7-11(8-16-18(14)27-6-5-26-16)1-4-17(23)20-10-12-9-13(21(24)25)2-3-15(12)22/h1-4,7-9,22H,5-6,10H2,(H,20,23)/p-1/b4-1+. The summed E-state index contributed by atoms with van der Waals surface area (Å²) in [4.78, 5) is 22.1. The van der Waals surface area contributed by atoms with Crippen LogP contribution in [0.15, 0.2) is 36.4 Å². The number of amides is 1. The molecule has 1 amide bonds. The van der Waals surface area contributed by atoms with Gasteiger partial charge >= 0.3 is 0 Å². The Morgan fingerprint density at radius 3 is 2.81 bits per heavy atom. The Kier molecular flexibility index (Phi) is 5.46. The molecule has 0 saturated heterocycles. The molecular weight excluding hydrogens is 376 g/mol.